The van der Waals surface area contributed by atoms with Crippen molar-refractivity contribution in [2.45, 2.75) is 50.8 Å². The smallest absolute Gasteiger partial charge is 0.283 e. The van der Waals surface area contributed by atoms with Gasteiger partial charge in [-0.1, -0.05) is 17.7 Å². The molecule has 0 bridgehead atoms. The van der Waals surface area contributed by atoms with E-state index >= 15 is 0 Å². The number of amidine groups is 1. The number of carbonyl (C=O) groups excluding carboxylic acids is 1. The van der Waals surface area contributed by atoms with Crippen molar-refractivity contribution in [2.75, 3.05) is 0 Å². The first-order valence-electron chi connectivity index (χ1n) is 9.50. The average Bonchev–Trinajstić information content (AvgIpc) is 3.34. The highest BCUT2D eigenvalue weighted by molar-refractivity contribution is 6.33. The largest absolute Gasteiger partial charge is 0.462 e. The monoisotopic (exact) mass is 440 g/mol. The third-order valence-corrected chi connectivity index (χ3v) is 5.78. The quantitative estimate of drug-likeness (QED) is 0.691. The molecule has 2 aliphatic rings. The fourth-order valence-electron chi connectivity index (χ4n) is 3.88. The number of aromatic nitrogens is 2. The maximum Gasteiger partial charge on any atom is 0.283 e. The van der Waals surface area contributed by atoms with Crippen molar-refractivity contribution in [3.63, 3.8) is 0 Å². The lowest BCUT2D eigenvalue weighted by Gasteiger charge is -2.33. The molecule has 0 spiro atoms. The number of alkyl halides is 2. The zero-order chi connectivity index (χ0) is 21.8. The molecule has 30 heavy (non-hydrogen) atoms. The predicted octanol–water partition coefficient (Wildman–Crippen LogP) is 3.88. The highest BCUT2D eigenvalue weighted by Gasteiger charge is 2.64. The van der Waals surface area contributed by atoms with E-state index in [2.05, 4.69) is 10.1 Å². The maximum absolute atomic E-state index is 14.7. The molecular weight excluding hydrogens is 421 g/mol. The number of ketones is 1. The summed E-state index contributed by atoms with van der Waals surface area (Å²) < 4.78 is 49.9. The van der Waals surface area contributed by atoms with Gasteiger partial charge in [0.15, 0.2) is 11.3 Å². The Labute approximate surface area is 175 Å². The average molecular weight is 441 g/mol. The fraction of sp³-hybridized carbons (Fsp3) is 0.450. The number of nitrogens with two attached hydrogens (primary N) is 1. The first-order valence-corrected chi connectivity index (χ1v) is 9.88. The lowest BCUT2D eigenvalue weighted by molar-refractivity contribution is 0.0176. The van der Waals surface area contributed by atoms with Crippen LogP contribution < -0.4 is 5.73 Å². The highest BCUT2D eigenvalue weighted by Crippen LogP contribution is 2.56. The minimum atomic E-state index is -2.99. The van der Waals surface area contributed by atoms with Crippen LogP contribution in [0, 0.1) is 11.7 Å². The van der Waals surface area contributed by atoms with E-state index in [1.807, 2.05) is 13.8 Å². The van der Waals surface area contributed by atoms with Gasteiger partial charge in [0.1, 0.15) is 17.6 Å². The van der Waals surface area contributed by atoms with Crippen LogP contribution in [0.25, 0.3) is 0 Å². The molecule has 0 saturated heterocycles. The molecule has 1 fully saturated rings. The summed E-state index contributed by atoms with van der Waals surface area (Å²) in [5, 5.41) is 4.39. The Morgan fingerprint density at radius 1 is 1.43 bits per heavy atom. The van der Waals surface area contributed by atoms with Gasteiger partial charge in [-0.3, -0.25) is 9.48 Å². The van der Waals surface area contributed by atoms with E-state index in [9.17, 15) is 18.0 Å². The second-order valence-electron chi connectivity index (χ2n) is 7.89. The number of rotatable bonds is 6. The van der Waals surface area contributed by atoms with Gasteiger partial charge in [0.05, 0.1) is 5.02 Å². The molecule has 1 aromatic heterocycles. The second kappa shape index (κ2) is 7.30. The highest BCUT2D eigenvalue weighted by atomic mass is 35.5. The van der Waals surface area contributed by atoms with Gasteiger partial charge in [-0.25, -0.2) is 18.2 Å². The number of ether oxygens (including phenoxy) is 1. The lowest BCUT2D eigenvalue weighted by Crippen LogP contribution is -2.43. The summed E-state index contributed by atoms with van der Waals surface area (Å²) in [5.74, 6) is -1.92. The van der Waals surface area contributed by atoms with Crippen LogP contribution in [0.4, 0.5) is 13.2 Å². The van der Waals surface area contributed by atoms with Crippen molar-refractivity contribution in [3.8, 4) is 0 Å². The van der Waals surface area contributed by atoms with Crippen molar-refractivity contribution in [1.29, 1.82) is 0 Å². The molecule has 2 heterocycles. The molecule has 2 aromatic rings. The molecule has 3 atom stereocenters. The van der Waals surface area contributed by atoms with Gasteiger partial charge in [0.25, 0.3) is 12.4 Å². The summed E-state index contributed by atoms with van der Waals surface area (Å²) in [6, 6.07) is 3.32. The third kappa shape index (κ3) is 3.34. The van der Waals surface area contributed by atoms with Gasteiger partial charge in [-0.15, -0.1) is 0 Å². The maximum atomic E-state index is 14.7. The molecule has 10 heteroatoms. The summed E-state index contributed by atoms with van der Waals surface area (Å²) in [7, 11) is 0. The Morgan fingerprint density at radius 2 is 2.17 bits per heavy atom. The lowest BCUT2D eigenvalue weighted by atomic mass is 9.83. The van der Waals surface area contributed by atoms with Gasteiger partial charge >= 0.3 is 0 Å². The minimum Gasteiger partial charge on any atom is -0.462 e. The van der Waals surface area contributed by atoms with E-state index < -0.39 is 35.6 Å². The van der Waals surface area contributed by atoms with Crippen LogP contribution in [0.2, 0.25) is 5.02 Å². The zero-order valence-corrected chi connectivity index (χ0v) is 17.0. The van der Waals surface area contributed by atoms with Crippen LogP contribution in [-0.2, 0) is 16.7 Å². The van der Waals surface area contributed by atoms with E-state index in [0.717, 1.165) is 6.07 Å². The Hall–Kier alpha value is -2.55. The molecule has 1 aliphatic carbocycles. The van der Waals surface area contributed by atoms with E-state index in [0.29, 0.717) is 12.0 Å². The molecule has 0 unspecified atom stereocenters. The first kappa shape index (κ1) is 20.7. The van der Waals surface area contributed by atoms with Gasteiger partial charge in [-0.05, 0) is 38.0 Å². The van der Waals surface area contributed by atoms with Gasteiger partial charge in [-0.2, -0.15) is 5.10 Å². The Bertz CT molecular complexity index is 1040. The summed E-state index contributed by atoms with van der Waals surface area (Å²) in [6.07, 6.45) is -1.83. The fourth-order valence-corrected chi connectivity index (χ4v) is 4.12. The molecule has 2 N–H and O–H groups in total. The van der Waals surface area contributed by atoms with Crippen LogP contribution in [0.5, 0.6) is 0 Å². The van der Waals surface area contributed by atoms with Crippen LogP contribution in [0.3, 0.4) is 0 Å². The molecular formula is C20H20ClF3N4O2. The van der Waals surface area contributed by atoms with Crippen molar-refractivity contribution in [3.05, 3.63) is 52.1 Å². The molecule has 0 amide bonds. The second-order valence-corrected chi connectivity index (χ2v) is 8.30. The van der Waals surface area contributed by atoms with Crippen LogP contribution in [0.15, 0.2) is 29.4 Å². The summed E-state index contributed by atoms with van der Waals surface area (Å²) in [4.78, 5) is 16.6. The van der Waals surface area contributed by atoms with Crippen LogP contribution in [0.1, 0.15) is 47.9 Å². The Balaban J connectivity index is 1.69. The van der Waals surface area contributed by atoms with Crippen molar-refractivity contribution < 1.29 is 22.7 Å². The number of carbonyl (C=O) groups is 1. The summed E-state index contributed by atoms with van der Waals surface area (Å²) >= 11 is 6.12. The molecule has 6 nitrogen and oxygen atoms in total. The Kier molecular flexibility index (Phi) is 5.04. The number of hydrogen-bond acceptors (Lipinski definition) is 5. The molecule has 0 radical (unpaired) electrons. The number of fused-ring (bicyclic) bond motifs is 1. The van der Waals surface area contributed by atoms with Crippen molar-refractivity contribution in [2.24, 2.45) is 16.6 Å². The number of Topliss-reactive ketones (excluding diaryl/α,β-unsaturated/α-hetero) is 1. The minimum absolute atomic E-state index is 0.00991. The third-order valence-electron chi connectivity index (χ3n) is 5.50. The predicted molar refractivity (Wildman–Crippen MR) is 104 cm³/mol. The summed E-state index contributed by atoms with van der Waals surface area (Å²) in [6.45, 7) is 3.78. The van der Waals surface area contributed by atoms with E-state index in [1.165, 1.54) is 12.1 Å². The van der Waals surface area contributed by atoms with E-state index in [4.69, 9.17) is 22.1 Å². The van der Waals surface area contributed by atoms with Crippen molar-refractivity contribution in [1.82, 2.24) is 9.78 Å². The summed E-state index contributed by atoms with van der Waals surface area (Å²) in [5.41, 5.74) is 3.59. The molecule has 1 saturated carbocycles. The zero-order valence-electron chi connectivity index (χ0n) is 16.3. The topological polar surface area (TPSA) is 82.5 Å². The standard InChI is InChI=1S/C20H20ClF3N4O2/c1-9(2)28-8-13(21)17(27-28)15(29)6-10-3-4-14(22)11(5-10)20(18(23)24)12-7-16(12)30-19(25)26-20/h3-5,8-9,12,16,18H,6-7H2,1-2H3,(H2,25,26)/t12-,16+,20+/m0/s1. The van der Waals surface area contributed by atoms with Crippen molar-refractivity contribution >= 4 is 23.4 Å². The number of benzene rings is 1. The number of aliphatic imine (C=N–C) groups is 1. The number of nitrogens with zero attached hydrogens (tertiary/aromatic N) is 3. The SMILES string of the molecule is CC(C)n1cc(Cl)c(C(=O)Cc2ccc(F)c([C@@]3(C(F)F)N=C(N)O[C@@H]4C[C@@H]43)c2)n1. The van der Waals surface area contributed by atoms with Crippen LogP contribution in [-0.4, -0.2) is 34.1 Å². The van der Waals surface area contributed by atoms with Gasteiger partial charge in [0, 0.05) is 30.1 Å². The van der Waals surface area contributed by atoms with E-state index in [-0.39, 0.29) is 34.8 Å². The van der Waals surface area contributed by atoms with E-state index in [1.54, 1.807) is 10.9 Å². The molecule has 4 rings (SSSR count). The number of hydrogen-bond donors (Lipinski definition) is 1. The van der Waals surface area contributed by atoms with Gasteiger partial charge in [0.2, 0.25) is 0 Å². The Morgan fingerprint density at radius 3 is 2.80 bits per heavy atom. The molecule has 1 aliphatic heterocycles. The molecule has 1 aromatic carbocycles. The normalized spacial score (nSPS) is 25.1. The van der Waals surface area contributed by atoms with Crippen LogP contribution >= 0.6 is 11.6 Å². The molecule has 160 valence electrons. The first-order chi connectivity index (χ1) is 14.1. The van der Waals surface area contributed by atoms with Gasteiger partial charge < -0.3 is 10.5 Å². The number of halogens is 4.